The average Bonchev–Trinajstić information content (AvgIpc) is 2.87. The number of nitrogens with one attached hydrogen (secondary N) is 2. The summed E-state index contributed by atoms with van der Waals surface area (Å²) in [5, 5.41) is 6.30. The van der Waals surface area contributed by atoms with Crippen molar-refractivity contribution in [3.05, 3.63) is 0 Å². The van der Waals surface area contributed by atoms with E-state index in [1.54, 1.807) is 7.11 Å². The average molecular weight is 357 g/mol. The maximum Gasteiger partial charge on any atom is 0.407 e. The maximum atomic E-state index is 11.7. The highest BCUT2D eigenvalue weighted by atomic mass is 16.6. The molecule has 7 nitrogen and oxygen atoms in total. The Morgan fingerprint density at radius 1 is 1.36 bits per heavy atom. The van der Waals surface area contributed by atoms with Gasteiger partial charge in [-0.15, -0.1) is 0 Å². The molecule has 1 heterocycles. The molecule has 2 unspecified atom stereocenters. The first kappa shape index (κ1) is 21.7. The van der Waals surface area contributed by atoms with Crippen molar-refractivity contribution < 1.29 is 19.1 Å². The maximum absolute atomic E-state index is 11.7. The molecule has 146 valence electrons. The largest absolute Gasteiger partial charge is 0.444 e. The summed E-state index contributed by atoms with van der Waals surface area (Å²) in [6.45, 7) is 10.4. The molecule has 0 bridgehead atoms. The number of nitrogens with zero attached hydrogens (tertiary/aromatic N) is 1. The molecule has 1 aliphatic heterocycles. The summed E-state index contributed by atoms with van der Waals surface area (Å²) in [4.78, 5) is 25.3. The molecule has 25 heavy (non-hydrogen) atoms. The zero-order valence-electron chi connectivity index (χ0n) is 16.4. The van der Waals surface area contributed by atoms with Crippen molar-refractivity contribution >= 4 is 12.0 Å². The molecule has 0 aliphatic carbocycles. The summed E-state index contributed by atoms with van der Waals surface area (Å²) in [5.74, 6) is 0.249. The molecule has 0 aromatic rings. The standard InChI is InChI=1S/C18H35N3O4/c1-14(12-21-11-7-9-16(21)22)20-15(13-24-5)8-6-10-19-17(23)25-18(2,3)4/h14-15,20H,6-13H2,1-5H3,(H,19,23). The molecule has 7 heteroatoms. The summed E-state index contributed by atoms with van der Waals surface area (Å²) < 4.78 is 10.5. The monoisotopic (exact) mass is 357 g/mol. The van der Waals surface area contributed by atoms with E-state index in [2.05, 4.69) is 17.6 Å². The number of likely N-dealkylation sites (tertiary alicyclic amines) is 1. The lowest BCUT2D eigenvalue weighted by atomic mass is 10.1. The second-order valence-corrected chi connectivity index (χ2v) is 7.73. The van der Waals surface area contributed by atoms with Crippen LogP contribution in [-0.4, -0.2) is 67.9 Å². The van der Waals surface area contributed by atoms with E-state index in [4.69, 9.17) is 9.47 Å². The highest BCUT2D eigenvalue weighted by Gasteiger charge is 2.23. The van der Waals surface area contributed by atoms with E-state index in [1.807, 2.05) is 25.7 Å². The minimum absolute atomic E-state index is 0.193. The van der Waals surface area contributed by atoms with E-state index in [0.717, 1.165) is 32.4 Å². The number of ether oxygens (including phenoxy) is 2. The van der Waals surface area contributed by atoms with Gasteiger partial charge in [-0.3, -0.25) is 4.79 Å². The normalized spacial score (nSPS) is 17.5. The Hall–Kier alpha value is -1.34. The quantitative estimate of drug-likeness (QED) is 0.584. The Morgan fingerprint density at radius 2 is 2.08 bits per heavy atom. The first-order valence-corrected chi connectivity index (χ1v) is 9.21. The number of amides is 2. The van der Waals surface area contributed by atoms with Gasteiger partial charge >= 0.3 is 6.09 Å². The highest BCUT2D eigenvalue weighted by molar-refractivity contribution is 5.78. The van der Waals surface area contributed by atoms with Gasteiger partial charge in [0.2, 0.25) is 5.91 Å². The zero-order valence-corrected chi connectivity index (χ0v) is 16.4. The van der Waals surface area contributed by atoms with Crippen LogP contribution in [0.15, 0.2) is 0 Å². The van der Waals surface area contributed by atoms with Crippen molar-refractivity contribution in [3.8, 4) is 0 Å². The number of methoxy groups -OCH3 is 1. The predicted molar refractivity (Wildman–Crippen MR) is 97.5 cm³/mol. The number of rotatable bonds is 10. The van der Waals surface area contributed by atoms with Gasteiger partial charge in [0.1, 0.15) is 5.60 Å². The van der Waals surface area contributed by atoms with Gasteiger partial charge in [0.05, 0.1) is 6.61 Å². The summed E-state index contributed by atoms with van der Waals surface area (Å²) in [6, 6.07) is 0.402. The Morgan fingerprint density at radius 3 is 2.64 bits per heavy atom. The molecule has 2 N–H and O–H groups in total. The lowest BCUT2D eigenvalue weighted by Gasteiger charge is -2.26. The smallest absolute Gasteiger partial charge is 0.407 e. The van der Waals surface area contributed by atoms with Gasteiger partial charge in [0, 0.05) is 45.2 Å². The molecule has 1 fully saturated rings. The van der Waals surface area contributed by atoms with E-state index < -0.39 is 5.60 Å². The van der Waals surface area contributed by atoms with Crippen molar-refractivity contribution in [1.82, 2.24) is 15.5 Å². The minimum Gasteiger partial charge on any atom is -0.444 e. The van der Waals surface area contributed by atoms with Gasteiger partial charge in [0.25, 0.3) is 0 Å². The van der Waals surface area contributed by atoms with E-state index in [-0.39, 0.29) is 24.1 Å². The lowest BCUT2D eigenvalue weighted by molar-refractivity contribution is -0.128. The number of alkyl carbamates (subject to hydrolysis) is 1. The SMILES string of the molecule is COCC(CCCNC(=O)OC(C)(C)C)NC(C)CN1CCCC1=O. The van der Waals surface area contributed by atoms with Gasteiger partial charge in [-0.2, -0.15) is 0 Å². The molecule has 2 amide bonds. The van der Waals surface area contributed by atoms with Crippen LogP contribution in [-0.2, 0) is 14.3 Å². The second kappa shape index (κ2) is 10.6. The summed E-state index contributed by atoms with van der Waals surface area (Å²) in [6.07, 6.45) is 2.95. The molecule has 1 aliphatic rings. The van der Waals surface area contributed by atoms with Gasteiger partial charge in [-0.1, -0.05) is 0 Å². The fourth-order valence-corrected chi connectivity index (χ4v) is 2.95. The predicted octanol–water partition coefficient (Wildman–Crippen LogP) is 1.91. The van der Waals surface area contributed by atoms with Crippen molar-refractivity contribution in [1.29, 1.82) is 0 Å². The van der Waals surface area contributed by atoms with Crippen LogP contribution >= 0.6 is 0 Å². The first-order valence-electron chi connectivity index (χ1n) is 9.21. The van der Waals surface area contributed by atoms with Crippen molar-refractivity contribution in [2.24, 2.45) is 0 Å². The Labute approximate surface area is 151 Å². The number of carbonyl (C=O) groups is 2. The third-order valence-corrected chi connectivity index (χ3v) is 3.95. The first-order chi connectivity index (χ1) is 11.7. The molecule has 1 rings (SSSR count). The van der Waals surface area contributed by atoms with Gasteiger partial charge in [-0.25, -0.2) is 4.79 Å². The number of hydrogen-bond acceptors (Lipinski definition) is 5. The van der Waals surface area contributed by atoms with E-state index in [1.165, 1.54) is 0 Å². The van der Waals surface area contributed by atoms with Crippen molar-refractivity contribution in [2.75, 3.05) is 33.4 Å². The fraction of sp³-hybridized carbons (Fsp3) is 0.889. The molecule has 0 spiro atoms. The van der Waals surface area contributed by atoms with Gasteiger partial charge < -0.3 is 25.0 Å². The molecule has 0 radical (unpaired) electrons. The molecule has 0 saturated carbocycles. The van der Waals surface area contributed by atoms with Crippen molar-refractivity contribution in [2.45, 2.75) is 71.1 Å². The van der Waals surface area contributed by atoms with Crippen LogP contribution in [0.3, 0.4) is 0 Å². The lowest BCUT2D eigenvalue weighted by Crippen LogP contribution is -2.46. The van der Waals surface area contributed by atoms with Crippen LogP contribution in [0.1, 0.15) is 53.4 Å². The number of hydrogen-bond donors (Lipinski definition) is 2. The molecular weight excluding hydrogens is 322 g/mol. The zero-order chi connectivity index (χ0) is 18.9. The minimum atomic E-state index is -0.480. The van der Waals surface area contributed by atoms with Crippen molar-refractivity contribution in [3.63, 3.8) is 0 Å². The van der Waals surface area contributed by atoms with E-state index >= 15 is 0 Å². The Kier molecular flexibility index (Phi) is 9.21. The summed E-state index contributed by atoms with van der Waals surface area (Å²) >= 11 is 0. The highest BCUT2D eigenvalue weighted by Crippen LogP contribution is 2.10. The van der Waals surface area contributed by atoms with Crippen LogP contribution in [0.5, 0.6) is 0 Å². The van der Waals surface area contributed by atoms with E-state index in [0.29, 0.717) is 19.6 Å². The van der Waals surface area contributed by atoms with Crippen LogP contribution in [0.4, 0.5) is 4.79 Å². The third-order valence-electron chi connectivity index (χ3n) is 3.95. The van der Waals surface area contributed by atoms with Gasteiger partial charge in [0.15, 0.2) is 0 Å². The molecule has 1 saturated heterocycles. The van der Waals surface area contributed by atoms with Crippen LogP contribution < -0.4 is 10.6 Å². The van der Waals surface area contributed by atoms with Gasteiger partial charge in [-0.05, 0) is 47.0 Å². The Bertz CT molecular complexity index is 423. The van der Waals surface area contributed by atoms with Crippen LogP contribution in [0, 0.1) is 0 Å². The summed E-state index contributed by atoms with van der Waals surface area (Å²) in [5.41, 5.74) is -0.480. The number of carbonyl (C=O) groups excluding carboxylic acids is 2. The third kappa shape index (κ3) is 9.65. The molecule has 0 aromatic carbocycles. The topological polar surface area (TPSA) is 79.9 Å². The van der Waals surface area contributed by atoms with Crippen LogP contribution in [0.2, 0.25) is 0 Å². The fourth-order valence-electron chi connectivity index (χ4n) is 2.95. The molecule has 2 atom stereocenters. The Balaban J connectivity index is 2.26. The van der Waals surface area contributed by atoms with Crippen LogP contribution in [0.25, 0.3) is 0 Å². The second-order valence-electron chi connectivity index (χ2n) is 7.73. The van der Waals surface area contributed by atoms with E-state index in [9.17, 15) is 9.59 Å². The summed E-state index contributed by atoms with van der Waals surface area (Å²) in [7, 11) is 1.68. The molecular formula is C18H35N3O4. The molecule has 0 aromatic heterocycles.